The summed E-state index contributed by atoms with van der Waals surface area (Å²) in [5.74, 6) is -0.161. The molecule has 0 saturated heterocycles. The van der Waals surface area contributed by atoms with E-state index in [4.69, 9.17) is 11.6 Å². The van der Waals surface area contributed by atoms with Gasteiger partial charge in [0, 0.05) is 30.3 Å². The Kier molecular flexibility index (Phi) is 9.98. The van der Waals surface area contributed by atoms with Crippen molar-refractivity contribution in [1.29, 1.82) is 0 Å². The van der Waals surface area contributed by atoms with E-state index in [-0.39, 0.29) is 29.9 Å². The monoisotopic (exact) mass is 498 g/mol. The molecule has 0 heterocycles. The maximum atomic E-state index is 14.0. The molecule has 7 heteroatoms. The second kappa shape index (κ2) is 13.2. The topological polar surface area (TPSA) is 49.4 Å². The van der Waals surface area contributed by atoms with Crippen molar-refractivity contribution in [2.24, 2.45) is 0 Å². The van der Waals surface area contributed by atoms with Gasteiger partial charge in [0.2, 0.25) is 11.8 Å². The predicted molar refractivity (Wildman–Crippen MR) is 137 cm³/mol. The molecule has 3 aromatic rings. The number of likely N-dealkylation sites (N-methyl/N-ethyl adjacent to an activating group) is 1. The molecule has 0 fully saturated rings. The molecule has 3 rings (SSSR count). The van der Waals surface area contributed by atoms with Crippen LogP contribution in [-0.4, -0.2) is 35.1 Å². The van der Waals surface area contributed by atoms with Crippen LogP contribution in [0.4, 0.5) is 4.39 Å². The van der Waals surface area contributed by atoms with Gasteiger partial charge in [0.15, 0.2) is 0 Å². The Morgan fingerprint density at radius 3 is 2.32 bits per heavy atom. The van der Waals surface area contributed by atoms with E-state index in [0.29, 0.717) is 29.3 Å². The van der Waals surface area contributed by atoms with E-state index in [0.717, 1.165) is 11.1 Å². The van der Waals surface area contributed by atoms with Crippen molar-refractivity contribution in [3.05, 3.63) is 106 Å². The Bertz CT molecular complexity index is 1080. The quantitative estimate of drug-likeness (QED) is 0.380. The van der Waals surface area contributed by atoms with Crippen LogP contribution in [0.25, 0.3) is 0 Å². The lowest BCUT2D eigenvalue weighted by Crippen LogP contribution is -2.51. The number of hydrogen-bond acceptors (Lipinski definition) is 3. The van der Waals surface area contributed by atoms with Crippen molar-refractivity contribution in [2.45, 2.75) is 31.7 Å². The van der Waals surface area contributed by atoms with Crippen LogP contribution in [0.15, 0.2) is 78.9 Å². The highest BCUT2D eigenvalue weighted by molar-refractivity contribution is 7.99. The zero-order chi connectivity index (χ0) is 24.3. The van der Waals surface area contributed by atoms with Crippen LogP contribution in [0.5, 0.6) is 0 Å². The molecule has 3 aromatic carbocycles. The summed E-state index contributed by atoms with van der Waals surface area (Å²) >= 11 is 7.37. The summed E-state index contributed by atoms with van der Waals surface area (Å²) in [6.07, 6.45) is 0.393. The number of halogens is 2. The molecule has 178 valence electrons. The van der Waals surface area contributed by atoms with Crippen LogP contribution in [0.1, 0.15) is 23.6 Å². The minimum atomic E-state index is -0.681. The van der Waals surface area contributed by atoms with Crippen LogP contribution in [0.3, 0.4) is 0 Å². The Morgan fingerprint density at radius 2 is 1.65 bits per heavy atom. The first-order valence-electron chi connectivity index (χ1n) is 11.1. The summed E-state index contributed by atoms with van der Waals surface area (Å²) < 4.78 is 14.0. The molecule has 0 aliphatic heterocycles. The highest BCUT2D eigenvalue weighted by Gasteiger charge is 2.30. The van der Waals surface area contributed by atoms with Gasteiger partial charge in [0.1, 0.15) is 11.9 Å². The van der Waals surface area contributed by atoms with Gasteiger partial charge in [-0.2, -0.15) is 0 Å². The van der Waals surface area contributed by atoms with Gasteiger partial charge in [-0.1, -0.05) is 72.3 Å². The normalized spacial score (nSPS) is 11.6. The van der Waals surface area contributed by atoms with Crippen molar-refractivity contribution in [2.75, 3.05) is 12.3 Å². The average molecular weight is 499 g/mol. The first kappa shape index (κ1) is 25.8. The number of carbonyl (C=O) groups excluding carboxylic acids is 2. The maximum Gasteiger partial charge on any atom is 0.243 e. The molecule has 0 aromatic heterocycles. The number of nitrogens with zero attached hydrogens (tertiary/aromatic N) is 1. The first-order chi connectivity index (χ1) is 16.5. The van der Waals surface area contributed by atoms with Gasteiger partial charge in [-0.05, 0) is 41.8 Å². The maximum absolute atomic E-state index is 14.0. The fraction of sp³-hybridized carbons (Fsp3) is 0.259. The predicted octanol–water partition coefficient (Wildman–Crippen LogP) is 5.49. The van der Waals surface area contributed by atoms with Crippen molar-refractivity contribution in [1.82, 2.24) is 10.2 Å². The van der Waals surface area contributed by atoms with Crippen LogP contribution in [0.2, 0.25) is 5.02 Å². The summed E-state index contributed by atoms with van der Waals surface area (Å²) in [4.78, 5) is 28.2. The Balaban J connectivity index is 1.82. The summed E-state index contributed by atoms with van der Waals surface area (Å²) in [6, 6.07) is 22.8. The van der Waals surface area contributed by atoms with Crippen molar-refractivity contribution < 1.29 is 14.0 Å². The fourth-order valence-electron chi connectivity index (χ4n) is 3.58. The number of thioether (sulfide) groups is 1. The van der Waals surface area contributed by atoms with Crippen molar-refractivity contribution in [3.63, 3.8) is 0 Å². The standard InChI is InChI=1S/C27H28ClFN2O2S/c1-2-30-27(33)25(16-20-8-4-3-5-9-20)31(17-21-12-14-23(28)15-13-21)26(32)19-34-18-22-10-6-7-11-24(22)29/h3-15,25H,2,16-19H2,1H3,(H,30,33)/t25-/m0/s1. The smallest absolute Gasteiger partial charge is 0.243 e. The molecule has 0 aliphatic carbocycles. The fourth-order valence-corrected chi connectivity index (χ4v) is 4.60. The van der Waals surface area contributed by atoms with Crippen LogP contribution < -0.4 is 5.32 Å². The number of benzene rings is 3. The first-order valence-corrected chi connectivity index (χ1v) is 12.7. The zero-order valence-corrected chi connectivity index (χ0v) is 20.6. The van der Waals surface area contributed by atoms with Gasteiger partial charge in [-0.3, -0.25) is 9.59 Å². The highest BCUT2D eigenvalue weighted by Crippen LogP contribution is 2.20. The number of hydrogen-bond donors (Lipinski definition) is 1. The summed E-state index contributed by atoms with van der Waals surface area (Å²) in [5.41, 5.74) is 2.39. The molecule has 0 aliphatic rings. The van der Waals surface area contributed by atoms with E-state index >= 15 is 0 Å². The van der Waals surface area contributed by atoms with Crippen molar-refractivity contribution in [3.8, 4) is 0 Å². The molecule has 0 bridgehead atoms. The van der Waals surface area contributed by atoms with Gasteiger partial charge >= 0.3 is 0 Å². The molecule has 2 amide bonds. The number of amides is 2. The second-order valence-corrected chi connectivity index (χ2v) is 9.25. The molecule has 0 unspecified atom stereocenters. The molecule has 0 saturated carbocycles. The van der Waals surface area contributed by atoms with Crippen LogP contribution in [-0.2, 0) is 28.3 Å². The van der Waals surface area contributed by atoms with Crippen LogP contribution >= 0.6 is 23.4 Å². The van der Waals surface area contributed by atoms with Gasteiger partial charge in [-0.25, -0.2) is 4.39 Å². The minimum absolute atomic E-state index is 0.132. The molecular weight excluding hydrogens is 471 g/mol. The number of carbonyl (C=O) groups is 2. The summed E-state index contributed by atoms with van der Waals surface area (Å²) in [6.45, 7) is 2.59. The lowest BCUT2D eigenvalue weighted by molar-refractivity contribution is -0.139. The largest absolute Gasteiger partial charge is 0.355 e. The molecule has 4 nitrogen and oxygen atoms in total. The Hall–Kier alpha value is -2.83. The van der Waals surface area contributed by atoms with Crippen LogP contribution in [0, 0.1) is 5.82 Å². The van der Waals surface area contributed by atoms with E-state index in [2.05, 4.69) is 5.32 Å². The molecule has 0 spiro atoms. The third-order valence-electron chi connectivity index (χ3n) is 5.33. The van der Waals surface area contributed by atoms with Gasteiger partial charge in [0.25, 0.3) is 0 Å². The molecular formula is C27H28ClFN2O2S. The second-order valence-electron chi connectivity index (χ2n) is 7.83. The van der Waals surface area contributed by atoms with Gasteiger partial charge in [0.05, 0.1) is 5.75 Å². The lowest BCUT2D eigenvalue weighted by Gasteiger charge is -2.31. The third kappa shape index (κ3) is 7.61. The van der Waals surface area contributed by atoms with E-state index < -0.39 is 6.04 Å². The van der Waals surface area contributed by atoms with E-state index in [9.17, 15) is 14.0 Å². The van der Waals surface area contributed by atoms with Gasteiger partial charge < -0.3 is 10.2 Å². The van der Waals surface area contributed by atoms with Crippen molar-refractivity contribution >= 4 is 35.2 Å². The lowest BCUT2D eigenvalue weighted by atomic mass is 10.0. The zero-order valence-electron chi connectivity index (χ0n) is 19.0. The van der Waals surface area contributed by atoms with Gasteiger partial charge in [-0.15, -0.1) is 11.8 Å². The Labute approximate surface area is 209 Å². The molecule has 1 atom stereocenters. The number of nitrogens with one attached hydrogen (secondary N) is 1. The molecule has 34 heavy (non-hydrogen) atoms. The van der Waals surface area contributed by atoms with E-state index in [1.807, 2.05) is 49.4 Å². The van der Waals surface area contributed by atoms with E-state index in [1.165, 1.54) is 17.8 Å². The SMILES string of the molecule is CCNC(=O)[C@H](Cc1ccccc1)N(Cc1ccc(Cl)cc1)C(=O)CSCc1ccccc1F. The third-order valence-corrected chi connectivity index (χ3v) is 6.55. The van der Waals surface area contributed by atoms with E-state index in [1.54, 1.807) is 35.2 Å². The highest BCUT2D eigenvalue weighted by atomic mass is 35.5. The summed E-state index contributed by atoms with van der Waals surface area (Å²) in [7, 11) is 0. The minimum Gasteiger partial charge on any atom is -0.355 e. The average Bonchev–Trinajstić information content (AvgIpc) is 2.84. The summed E-state index contributed by atoms with van der Waals surface area (Å²) in [5, 5.41) is 3.48. The Morgan fingerprint density at radius 1 is 0.971 bits per heavy atom. The number of rotatable bonds is 11. The molecule has 1 N–H and O–H groups in total. The molecule has 0 radical (unpaired) electrons.